The van der Waals surface area contributed by atoms with Crippen LogP contribution in [0, 0.1) is 0 Å². The highest BCUT2D eigenvalue weighted by atomic mass is 19.4. The number of allylic oxidation sites excluding steroid dienone is 1. The highest BCUT2D eigenvalue weighted by Gasteiger charge is 2.36. The fraction of sp³-hybridized carbons (Fsp3) is 0.231. The van der Waals surface area contributed by atoms with Gasteiger partial charge in [0.25, 0.3) is 0 Å². The standard InChI is InChI=1S/C26H27F3N4/c1-3-13-31-22-11-7-5-8-18(22)17(2)32-24-15-23(33-25-16-30-14-12-20(24)25)19-9-4-6-10-21(19)26(27,28)29/h4-12,14-15,23,30-33H,2-3,13,16H2,1H3. The molecule has 4 rings (SSSR count). The predicted molar refractivity (Wildman–Crippen MR) is 127 cm³/mol. The van der Waals surface area contributed by atoms with Crippen molar-refractivity contribution in [1.82, 2.24) is 16.0 Å². The van der Waals surface area contributed by atoms with Gasteiger partial charge in [-0.2, -0.15) is 13.2 Å². The zero-order valence-corrected chi connectivity index (χ0v) is 18.4. The van der Waals surface area contributed by atoms with Crippen LogP contribution in [0.2, 0.25) is 0 Å². The number of halogens is 3. The first-order valence-electron chi connectivity index (χ1n) is 11.0. The van der Waals surface area contributed by atoms with Crippen molar-refractivity contribution >= 4 is 11.4 Å². The van der Waals surface area contributed by atoms with Crippen molar-refractivity contribution < 1.29 is 13.2 Å². The molecule has 33 heavy (non-hydrogen) atoms. The number of dihydropyridines is 2. The zero-order chi connectivity index (χ0) is 23.4. The van der Waals surface area contributed by atoms with Crippen LogP contribution < -0.4 is 21.3 Å². The summed E-state index contributed by atoms with van der Waals surface area (Å²) in [7, 11) is 0. The van der Waals surface area contributed by atoms with Gasteiger partial charge in [-0.05, 0) is 42.5 Å². The van der Waals surface area contributed by atoms with E-state index in [1.807, 2.05) is 36.5 Å². The van der Waals surface area contributed by atoms with Crippen LogP contribution in [0.5, 0.6) is 0 Å². The maximum Gasteiger partial charge on any atom is 0.416 e. The Morgan fingerprint density at radius 2 is 1.88 bits per heavy atom. The van der Waals surface area contributed by atoms with E-state index in [1.54, 1.807) is 12.1 Å². The van der Waals surface area contributed by atoms with E-state index in [-0.39, 0.29) is 5.56 Å². The summed E-state index contributed by atoms with van der Waals surface area (Å²) in [4.78, 5) is 0. The Balaban J connectivity index is 1.69. The Labute approximate surface area is 192 Å². The molecule has 0 bridgehead atoms. The van der Waals surface area contributed by atoms with Crippen molar-refractivity contribution in [3.8, 4) is 0 Å². The summed E-state index contributed by atoms with van der Waals surface area (Å²) in [6, 6.07) is 12.9. The molecule has 7 heteroatoms. The maximum absolute atomic E-state index is 13.7. The van der Waals surface area contributed by atoms with Gasteiger partial charge in [0.05, 0.1) is 18.2 Å². The minimum atomic E-state index is -4.44. The van der Waals surface area contributed by atoms with E-state index in [9.17, 15) is 13.2 Å². The molecule has 0 fully saturated rings. The fourth-order valence-electron chi connectivity index (χ4n) is 4.06. The van der Waals surface area contributed by atoms with E-state index in [4.69, 9.17) is 0 Å². The summed E-state index contributed by atoms with van der Waals surface area (Å²) in [6.07, 6.45) is 2.09. The summed E-state index contributed by atoms with van der Waals surface area (Å²) in [5.41, 5.74) is 4.53. The topological polar surface area (TPSA) is 48.1 Å². The van der Waals surface area contributed by atoms with E-state index < -0.39 is 17.8 Å². The minimum Gasteiger partial charge on any atom is -0.385 e. The number of nitrogens with one attached hydrogen (secondary N) is 4. The molecule has 2 heterocycles. The van der Waals surface area contributed by atoms with Crippen LogP contribution >= 0.6 is 0 Å². The maximum atomic E-state index is 13.7. The Morgan fingerprint density at radius 3 is 2.67 bits per heavy atom. The van der Waals surface area contributed by atoms with Gasteiger partial charge in [-0.25, -0.2) is 0 Å². The lowest BCUT2D eigenvalue weighted by Gasteiger charge is -2.32. The minimum absolute atomic E-state index is 0.182. The smallest absolute Gasteiger partial charge is 0.385 e. The highest BCUT2D eigenvalue weighted by Crippen LogP contribution is 2.37. The van der Waals surface area contributed by atoms with Gasteiger partial charge in [-0.3, -0.25) is 0 Å². The number of alkyl halides is 3. The molecule has 0 aliphatic carbocycles. The summed E-state index contributed by atoms with van der Waals surface area (Å²) in [5.74, 6) is 0. The second kappa shape index (κ2) is 9.48. The summed E-state index contributed by atoms with van der Waals surface area (Å²) in [5, 5.41) is 13.2. The summed E-state index contributed by atoms with van der Waals surface area (Å²) < 4.78 is 41.1. The molecule has 0 radical (unpaired) electrons. The van der Waals surface area contributed by atoms with Gasteiger partial charge in [0, 0.05) is 40.5 Å². The van der Waals surface area contributed by atoms with Crippen LogP contribution in [-0.2, 0) is 6.18 Å². The monoisotopic (exact) mass is 452 g/mol. The lowest BCUT2D eigenvalue weighted by molar-refractivity contribution is -0.138. The molecule has 1 atom stereocenters. The van der Waals surface area contributed by atoms with Gasteiger partial charge in [0.15, 0.2) is 0 Å². The molecule has 0 saturated heterocycles. The Morgan fingerprint density at radius 1 is 1.12 bits per heavy atom. The van der Waals surface area contributed by atoms with Crippen molar-refractivity contribution in [3.05, 3.63) is 107 Å². The molecule has 172 valence electrons. The third kappa shape index (κ3) is 4.92. The average molecular weight is 453 g/mol. The SMILES string of the molecule is C=C(NC1=CC(c2ccccc2C(F)(F)F)NC2=C1C=CNC2)c1ccccc1NCCC. The number of rotatable bonds is 7. The molecule has 4 N–H and O–H groups in total. The van der Waals surface area contributed by atoms with E-state index in [0.717, 1.165) is 47.2 Å². The number of anilines is 1. The molecule has 4 nitrogen and oxygen atoms in total. The summed E-state index contributed by atoms with van der Waals surface area (Å²) in [6.45, 7) is 7.65. The molecule has 0 saturated carbocycles. The molecular weight excluding hydrogens is 425 g/mol. The molecule has 1 unspecified atom stereocenters. The van der Waals surface area contributed by atoms with Gasteiger partial charge in [-0.1, -0.05) is 49.9 Å². The van der Waals surface area contributed by atoms with E-state index >= 15 is 0 Å². The quantitative estimate of drug-likeness (QED) is 0.436. The average Bonchev–Trinajstić information content (AvgIpc) is 2.82. The van der Waals surface area contributed by atoms with E-state index in [1.165, 1.54) is 12.1 Å². The van der Waals surface area contributed by atoms with Gasteiger partial charge >= 0.3 is 6.18 Å². The Bertz CT molecular complexity index is 1130. The lowest BCUT2D eigenvalue weighted by Crippen LogP contribution is -2.35. The molecule has 2 aliphatic rings. The third-order valence-electron chi connectivity index (χ3n) is 5.63. The molecule has 2 aromatic carbocycles. The molecule has 0 spiro atoms. The van der Waals surface area contributed by atoms with E-state index in [0.29, 0.717) is 12.2 Å². The number of hydrogen-bond donors (Lipinski definition) is 4. The molecular formula is C26H27F3N4. The molecule has 2 aliphatic heterocycles. The van der Waals surface area contributed by atoms with Gasteiger partial charge in [-0.15, -0.1) is 0 Å². The molecule has 0 aromatic heterocycles. The van der Waals surface area contributed by atoms with E-state index in [2.05, 4.69) is 34.8 Å². The Kier molecular flexibility index (Phi) is 6.49. The summed E-state index contributed by atoms with van der Waals surface area (Å²) >= 11 is 0. The van der Waals surface area contributed by atoms with Crippen LogP contribution in [0.3, 0.4) is 0 Å². The first kappa shape index (κ1) is 22.6. The molecule has 2 aromatic rings. The first-order valence-corrected chi connectivity index (χ1v) is 11.0. The number of hydrogen-bond acceptors (Lipinski definition) is 4. The Hall–Kier alpha value is -3.61. The van der Waals surface area contributed by atoms with Crippen LogP contribution in [0.15, 0.2) is 90.4 Å². The second-order valence-electron chi connectivity index (χ2n) is 7.97. The van der Waals surface area contributed by atoms with Crippen LogP contribution in [0.4, 0.5) is 18.9 Å². The van der Waals surface area contributed by atoms with Gasteiger partial charge in [0.1, 0.15) is 0 Å². The predicted octanol–water partition coefficient (Wildman–Crippen LogP) is 5.69. The van der Waals surface area contributed by atoms with Crippen molar-refractivity contribution in [2.24, 2.45) is 0 Å². The lowest BCUT2D eigenvalue weighted by atomic mass is 9.93. The second-order valence-corrected chi connectivity index (χ2v) is 7.97. The number of benzene rings is 2. The zero-order valence-electron chi connectivity index (χ0n) is 18.4. The van der Waals surface area contributed by atoms with Gasteiger partial charge in [0.2, 0.25) is 0 Å². The first-order chi connectivity index (χ1) is 15.9. The van der Waals surface area contributed by atoms with Crippen molar-refractivity contribution in [3.63, 3.8) is 0 Å². The van der Waals surface area contributed by atoms with Crippen LogP contribution in [-0.4, -0.2) is 13.1 Å². The van der Waals surface area contributed by atoms with Crippen LogP contribution in [0.1, 0.15) is 36.1 Å². The van der Waals surface area contributed by atoms with Crippen molar-refractivity contribution in [2.45, 2.75) is 25.6 Å². The third-order valence-corrected chi connectivity index (χ3v) is 5.63. The van der Waals surface area contributed by atoms with Crippen molar-refractivity contribution in [2.75, 3.05) is 18.4 Å². The largest absolute Gasteiger partial charge is 0.416 e. The fourth-order valence-corrected chi connectivity index (χ4v) is 4.06. The van der Waals surface area contributed by atoms with Crippen molar-refractivity contribution in [1.29, 1.82) is 0 Å². The normalized spacial score (nSPS) is 17.5. The van der Waals surface area contributed by atoms with Crippen LogP contribution in [0.25, 0.3) is 5.70 Å². The highest BCUT2D eigenvalue weighted by molar-refractivity contribution is 5.76. The molecule has 0 amide bonds. The number of para-hydroxylation sites is 1. The van der Waals surface area contributed by atoms with Gasteiger partial charge < -0.3 is 21.3 Å².